The summed E-state index contributed by atoms with van der Waals surface area (Å²) >= 11 is 6.09. The Kier molecular flexibility index (Phi) is 9.27. The number of nitrogens with zero attached hydrogens (tertiary/aromatic N) is 3. The lowest BCUT2D eigenvalue weighted by molar-refractivity contribution is -0.138. The molecule has 1 aromatic carbocycles. The van der Waals surface area contributed by atoms with Crippen molar-refractivity contribution in [3.63, 3.8) is 0 Å². The molecular formula is C27H32ClF3N4. The summed E-state index contributed by atoms with van der Waals surface area (Å²) in [5, 5.41) is 3.79. The summed E-state index contributed by atoms with van der Waals surface area (Å²) in [6.45, 7) is 6.23. The van der Waals surface area contributed by atoms with E-state index >= 15 is 0 Å². The van der Waals surface area contributed by atoms with Gasteiger partial charge in [-0.15, -0.1) is 0 Å². The lowest BCUT2D eigenvalue weighted by Crippen LogP contribution is -2.30. The second kappa shape index (κ2) is 12.0. The molecule has 0 aliphatic carbocycles. The SMILES string of the molecule is CNCCCCN(Cc1ncccc1C(F)(F)F)Cc1ncccc1C(C)(C)c1ccc(Cl)cc1. The second-order valence-corrected chi connectivity index (χ2v) is 9.58. The van der Waals surface area contributed by atoms with Crippen molar-refractivity contribution in [2.24, 2.45) is 0 Å². The Morgan fingerprint density at radius 3 is 2.00 bits per heavy atom. The number of hydrogen-bond acceptors (Lipinski definition) is 4. The number of halogens is 4. The van der Waals surface area contributed by atoms with Crippen LogP contribution in [0.15, 0.2) is 60.9 Å². The molecule has 3 rings (SSSR count). The van der Waals surface area contributed by atoms with Gasteiger partial charge in [0.25, 0.3) is 0 Å². The van der Waals surface area contributed by atoms with Crippen LogP contribution in [0.4, 0.5) is 13.2 Å². The summed E-state index contributed by atoms with van der Waals surface area (Å²) in [4.78, 5) is 10.8. The van der Waals surface area contributed by atoms with Crippen molar-refractivity contribution < 1.29 is 13.2 Å². The molecule has 1 N–H and O–H groups in total. The Hall–Kier alpha value is -2.48. The Morgan fingerprint density at radius 2 is 1.43 bits per heavy atom. The molecule has 4 nitrogen and oxygen atoms in total. The molecular weight excluding hydrogens is 473 g/mol. The van der Waals surface area contributed by atoms with Crippen LogP contribution in [0, 0.1) is 0 Å². The Balaban J connectivity index is 1.92. The van der Waals surface area contributed by atoms with Crippen molar-refractivity contribution in [2.75, 3.05) is 20.1 Å². The van der Waals surface area contributed by atoms with E-state index in [2.05, 4.69) is 29.1 Å². The monoisotopic (exact) mass is 504 g/mol. The highest BCUT2D eigenvalue weighted by Gasteiger charge is 2.34. The van der Waals surface area contributed by atoms with Crippen molar-refractivity contribution in [2.45, 2.75) is 51.4 Å². The van der Waals surface area contributed by atoms with Crippen LogP contribution in [-0.4, -0.2) is 35.0 Å². The number of alkyl halides is 3. The van der Waals surface area contributed by atoms with E-state index in [1.54, 1.807) is 6.20 Å². The van der Waals surface area contributed by atoms with Crippen molar-refractivity contribution in [3.05, 3.63) is 94.0 Å². The van der Waals surface area contributed by atoms with Crippen molar-refractivity contribution >= 4 is 11.6 Å². The van der Waals surface area contributed by atoms with Gasteiger partial charge in [-0.05, 0) is 74.4 Å². The number of pyridine rings is 2. The highest BCUT2D eigenvalue weighted by Crippen LogP contribution is 2.35. The highest BCUT2D eigenvalue weighted by atomic mass is 35.5. The summed E-state index contributed by atoms with van der Waals surface area (Å²) in [5.41, 5.74) is 1.92. The molecule has 0 saturated carbocycles. The molecule has 0 fully saturated rings. The Morgan fingerprint density at radius 1 is 0.857 bits per heavy atom. The van der Waals surface area contributed by atoms with Gasteiger partial charge in [0.05, 0.1) is 17.0 Å². The topological polar surface area (TPSA) is 41.0 Å². The minimum Gasteiger partial charge on any atom is -0.320 e. The van der Waals surface area contributed by atoms with Crippen molar-refractivity contribution in [3.8, 4) is 0 Å². The molecule has 0 aliphatic heterocycles. The molecule has 0 aliphatic rings. The maximum absolute atomic E-state index is 13.6. The fourth-order valence-electron chi connectivity index (χ4n) is 4.25. The van der Waals surface area contributed by atoms with Crippen molar-refractivity contribution in [1.29, 1.82) is 0 Å². The molecule has 0 amide bonds. The van der Waals surface area contributed by atoms with Crippen LogP contribution in [0.25, 0.3) is 0 Å². The lowest BCUT2D eigenvalue weighted by Gasteiger charge is -2.30. The van der Waals surface area contributed by atoms with Crippen molar-refractivity contribution in [1.82, 2.24) is 20.2 Å². The van der Waals surface area contributed by atoms with Gasteiger partial charge in [0.1, 0.15) is 0 Å². The third-order valence-corrected chi connectivity index (χ3v) is 6.47. The largest absolute Gasteiger partial charge is 0.418 e. The Labute approximate surface area is 210 Å². The molecule has 2 aromatic heterocycles. The minimum absolute atomic E-state index is 0.0306. The number of unbranched alkanes of at least 4 members (excludes halogenated alkanes) is 1. The smallest absolute Gasteiger partial charge is 0.320 e. The minimum atomic E-state index is -4.45. The maximum atomic E-state index is 13.6. The number of hydrogen-bond donors (Lipinski definition) is 1. The predicted molar refractivity (Wildman–Crippen MR) is 134 cm³/mol. The zero-order chi connectivity index (χ0) is 25.5. The zero-order valence-electron chi connectivity index (χ0n) is 20.4. The van der Waals surface area contributed by atoms with E-state index in [0.717, 1.165) is 42.3 Å². The third kappa shape index (κ3) is 7.26. The molecule has 2 heterocycles. The van der Waals surface area contributed by atoms with Gasteiger partial charge in [-0.25, -0.2) is 0 Å². The van der Waals surface area contributed by atoms with E-state index in [0.29, 0.717) is 18.1 Å². The first kappa shape index (κ1) is 27.1. The molecule has 0 bridgehead atoms. The van der Waals surface area contributed by atoms with Crippen LogP contribution >= 0.6 is 11.6 Å². The van der Waals surface area contributed by atoms with E-state index in [4.69, 9.17) is 11.6 Å². The Bertz CT molecular complexity index is 1080. The molecule has 8 heteroatoms. The van der Waals surface area contributed by atoms with Crippen LogP contribution in [0.5, 0.6) is 0 Å². The van der Waals surface area contributed by atoms with Gasteiger partial charge in [-0.1, -0.05) is 43.6 Å². The van der Waals surface area contributed by atoms with Crippen LogP contribution < -0.4 is 5.32 Å². The van der Waals surface area contributed by atoms with E-state index in [9.17, 15) is 13.2 Å². The van der Waals surface area contributed by atoms with Gasteiger partial charge < -0.3 is 5.32 Å². The average molecular weight is 505 g/mol. The first-order valence-electron chi connectivity index (χ1n) is 11.7. The van der Waals surface area contributed by atoms with Gasteiger partial charge in [-0.2, -0.15) is 13.2 Å². The fourth-order valence-corrected chi connectivity index (χ4v) is 4.38. The van der Waals surface area contributed by atoms with Gasteiger partial charge in [0, 0.05) is 35.9 Å². The van der Waals surface area contributed by atoms with Gasteiger partial charge in [0.2, 0.25) is 0 Å². The third-order valence-electron chi connectivity index (χ3n) is 6.22. The van der Waals surface area contributed by atoms with Gasteiger partial charge >= 0.3 is 6.18 Å². The van der Waals surface area contributed by atoms with E-state index in [1.807, 2.05) is 48.3 Å². The van der Waals surface area contributed by atoms with E-state index < -0.39 is 11.7 Å². The van der Waals surface area contributed by atoms with Crippen LogP contribution in [0.1, 0.15) is 54.8 Å². The number of benzene rings is 1. The number of nitrogens with one attached hydrogen (secondary N) is 1. The summed E-state index contributed by atoms with van der Waals surface area (Å²) in [6, 6.07) is 14.1. The van der Waals surface area contributed by atoms with Gasteiger partial charge in [-0.3, -0.25) is 14.9 Å². The molecule has 0 unspecified atom stereocenters. The summed E-state index contributed by atoms with van der Waals surface area (Å²) in [7, 11) is 1.89. The normalized spacial score (nSPS) is 12.3. The molecule has 0 spiro atoms. The highest BCUT2D eigenvalue weighted by molar-refractivity contribution is 6.30. The summed E-state index contributed by atoms with van der Waals surface area (Å²) in [5.74, 6) is 0. The van der Waals surface area contributed by atoms with Gasteiger partial charge in [0.15, 0.2) is 0 Å². The predicted octanol–water partition coefficient (Wildman–Crippen LogP) is 6.48. The second-order valence-electron chi connectivity index (χ2n) is 9.15. The van der Waals surface area contributed by atoms with Crippen LogP contribution in [-0.2, 0) is 24.7 Å². The maximum Gasteiger partial charge on any atom is 0.418 e. The lowest BCUT2D eigenvalue weighted by atomic mass is 9.77. The first-order valence-corrected chi connectivity index (χ1v) is 12.1. The summed E-state index contributed by atoms with van der Waals surface area (Å²) in [6.07, 6.45) is 0.468. The zero-order valence-corrected chi connectivity index (χ0v) is 21.1. The summed E-state index contributed by atoms with van der Waals surface area (Å²) < 4.78 is 40.9. The molecule has 188 valence electrons. The molecule has 0 radical (unpaired) electrons. The molecule has 0 atom stereocenters. The fraction of sp³-hybridized carbons (Fsp3) is 0.407. The first-order chi connectivity index (χ1) is 16.6. The molecule has 3 aromatic rings. The molecule has 0 saturated heterocycles. The quantitative estimate of drug-likeness (QED) is 0.303. The van der Waals surface area contributed by atoms with Crippen LogP contribution in [0.3, 0.4) is 0 Å². The average Bonchev–Trinajstić information content (AvgIpc) is 2.82. The molecule has 35 heavy (non-hydrogen) atoms. The van der Waals surface area contributed by atoms with E-state index in [-0.39, 0.29) is 17.7 Å². The number of rotatable bonds is 11. The standard InChI is InChI=1S/C27H32ClF3N4/c1-26(2,20-10-12-21(28)13-11-20)22-8-6-15-33-24(22)18-35(17-5-4-14-32-3)19-25-23(27(29,30)31)9-7-16-34-25/h6-13,15-16,32H,4-5,14,17-19H2,1-3H3. The van der Waals surface area contributed by atoms with Crippen LogP contribution in [0.2, 0.25) is 5.02 Å². The van der Waals surface area contributed by atoms with E-state index in [1.165, 1.54) is 12.3 Å². The number of aromatic nitrogens is 2.